The van der Waals surface area contributed by atoms with Gasteiger partial charge in [0.1, 0.15) is 11.5 Å². The number of para-hydroxylation sites is 1. The van der Waals surface area contributed by atoms with Crippen molar-refractivity contribution >= 4 is 17.5 Å². The maximum Gasteiger partial charge on any atom is 0.275 e. The van der Waals surface area contributed by atoms with Crippen LogP contribution in [0.2, 0.25) is 0 Å². The molecule has 0 fully saturated rings. The number of amides is 2. The van der Waals surface area contributed by atoms with E-state index < -0.39 is 5.91 Å². The van der Waals surface area contributed by atoms with Crippen LogP contribution in [0.4, 0.5) is 0 Å². The Morgan fingerprint density at radius 2 is 1.85 bits per heavy atom. The summed E-state index contributed by atoms with van der Waals surface area (Å²) in [6, 6.07) is 12.3. The zero-order valence-electron chi connectivity index (χ0n) is 15.6. The highest BCUT2D eigenvalue weighted by Crippen LogP contribution is 2.21. The van der Waals surface area contributed by atoms with Gasteiger partial charge in [0.05, 0.1) is 19.1 Å². The highest BCUT2D eigenvalue weighted by molar-refractivity contribution is 6.01. The van der Waals surface area contributed by atoms with Crippen LogP contribution in [0.3, 0.4) is 0 Å². The number of carbonyl (C=O) groups is 2. The molecule has 27 heavy (non-hydrogen) atoms. The van der Waals surface area contributed by atoms with E-state index >= 15 is 0 Å². The van der Waals surface area contributed by atoms with Crippen LogP contribution >= 0.6 is 0 Å². The van der Waals surface area contributed by atoms with E-state index in [2.05, 4.69) is 15.8 Å². The smallest absolute Gasteiger partial charge is 0.275 e. The normalized spacial score (nSPS) is 11.0. The minimum Gasteiger partial charge on any atom is -0.507 e. The molecule has 0 atom stereocenters. The Labute approximate surface area is 158 Å². The van der Waals surface area contributed by atoms with E-state index in [4.69, 9.17) is 4.74 Å². The lowest BCUT2D eigenvalue weighted by Gasteiger charge is -2.07. The van der Waals surface area contributed by atoms with Gasteiger partial charge in [0, 0.05) is 12.3 Å². The van der Waals surface area contributed by atoms with Crippen LogP contribution in [0, 0.1) is 6.92 Å². The average molecular weight is 369 g/mol. The summed E-state index contributed by atoms with van der Waals surface area (Å²) in [5.41, 5.74) is 4.48. The Morgan fingerprint density at radius 1 is 1.15 bits per heavy atom. The lowest BCUT2D eigenvalue weighted by atomic mass is 10.1. The van der Waals surface area contributed by atoms with Gasteiger partial charge in [-0.05, 0) is 43.2 Å². The van der Waals surface area contributed by atoms with Crippen LogP contribution in [0.15, 0.2) is 47.6 Å². The number of nitrogens with one attached hydrogen (secondary N) is 2. The van der Waals surface area contributed by atoms with E-state index in [-0.39, 0.29) is 23.6 Å². The number of hydrogen-bond donors (Lipinski definition) is 3. The number of benzene rings is 2. The Kier molecular flexibility index (Phi) is 6.93. The fourth-order valence-electron chi connectivity index (χ4n) is 2.33. The molecule has 2 aromatic carbocycles. The number of methoxy groups -OCH3 is 1. The van der Waals surface area contributed by atoms with E-state index in [0.29, 0.717) is 17.8 Å². The summed E-state index contributed by atoms with van der Waals surface area (Å²) in [6.45, 7) is 3.73. The number of aryl methyl sites for hydroxylation is 1. The summed E-state index contributed by atoms with van der Waals surface area (Å²) >= 11 is 0. The van der Waals surface area contributed by atoms with Crippen molar-refractivity contribution in [3.05, 3.63) is 59.2 Å². The number of phenols is 1. The molecule has 0 radical (unpaired) electrons. The Morgan fingerprint density at radius 3 is 2.52 bits per heavy atom. The number of hydrazone groups is 1. The topological polar surface area (TPSA) is 100 Å². The van der Waals surface area contributed by atoms with Gasteiger partial charge in [-0.3, -0.25) is 9.59 Å². The number of rotatable bonds is 7. The molecule has 7 nitrogen and oxygen atoms in total. The summed E-state index contributed by atoms with van der Waals surface area (Å²) in [5.74, 6) is -0.0718. The molecule has 0 unspecified atom stereocenters. The zero-order valence-corrected chi connectivity index (χ0v) is 15.6. The Balaban J connectivity index is 1.84. The SMILES string of the molecule is COc1ccc(CNC(=O)C/C(C)=N\NC(=O)c2cccc(C)c2O)cc1. The molecule has 2 aromatic rings. The first-order valence-corrected chi connectivity index (χ1v) is 8.42. The molecular weight excluding hydrogens is 346 g/mol. The van der Waals surface area contributed by atoms with Gasteiger partial charge >= 0.3 is 0 Å². The minimum absolute atomic E-state index is 0.0518. The van der Waals surface area contributed by atoms with Crippen molar-refractivity contribution in [2.45, 2.75) is 26.8 Å². The predicted molar refractivity (Wildman–Crippen MR) is 103 cm³/mol. The molecule has 0 aromatic heterocycles. The third-order valence-corrected chi connectivity index (χ3v) is 3.90. The zero-order chi connectivity index (χ0) is 19.8. The lowest BCUT2D eigenvalue weighted by Crippen LogP contribution is -2.26. The average Bonchev–Trinajstić information content (AvgIpc) is 2.67. The Bertz CT molecular complexity index is 845. The second kappa shape index (κ2) is 9.38. The van der Waals surface area contributed by atoms with Crippen LogP contribution in [-0.4, -0.2) is 29.7 Å². The second-order valence-electron chi connectivity index (χ2n) is 6.06. The van der Waals surface area contributed by atoms with E-state index in [1.54, 1.807) is 33.1 Å². The van der Waals surface area contributed by atoms with Crippen molar-refractivity contribution in [2.75, 3.05) is 7.11 Å². The Hall–Kier alpha value is -3.35. The van der Waals surface area contributed by atoms with Gasteiger partial charge in [-0.2, -0.15) is 5.10 Å². The van der Waals surface area contributed by atoms with Gasteiger partial charge in [-0.1, -0.05) is 24.3 Å². The summed E-state index contributed by atoms with van der Waals surface area (Å²) in [5, 5.41) is 16.6. The molecule has 0 aliphatic heterocycles. The molecule has 7 heteroatoms. The summed E-state index contributed by atoms with van der Waals surface area (Å²) < 4.78 is 5.09. The molecule has 0 heterocycles. The van der Waals surface area contributed by atoms with Crippen molar-refractivity contribution in [1.29, 1.82) is 0 Å². The quantitative estimate of drug-likeness (QED) is 0.516. The maximum atomic E-state index is 12.1. The number of nitrogens with zero attached hydrogens (tertiary/aromatic N) is 1. The van der Waals surface area contributed by atoms with Crippen LogP contribution in [0.5, 0.6) is 11.5 Å². The third kappa shape index (κ3) is 5.85. The van der Waals surface area contributed by atoms with Crippen molar-refractivity contribution in [1.82, 2.24) is 10.7 Å². The standard InChI is InChI=1S/C20H23N3O4/c1-13-5-4-6-17(19(13)25)20(26)23-22-14(2)11-18(24)21-12-15-7-9-16(27-3)10-8-15/h4-10,25H,11-12H2,1-3H3,(H,21,24)(H,23,26)/b22-14-. The van der Waals surface area contributed by atoms with Gasteiger partial charge in [-0.15, -0.1) is 0 Å². The fraction of sp³-hybridized carbons (Fsp3) is 0.250. The largest absolute Gasteiger partial charge is 0.507 e. The summed E-state index contributed by atoms with van der Waals surface area (Å²) in [6.07, 6.45) is 0.0518. The summed E-state index contributed by atoms with van der Waals surface area (Å²) in [7, 11) is 1.60. The van der Waals surface area contributed by atoms with Crippen LogP contribution in [0.1, 0.15) is 34.8 Å². The molecule has 142 valence electrons. The van der Waals surface area contributed by atoms with Crippen molar-refractivity contribution in [3.8, 4) is 11.5 Å². The molecule has 3 N–H and O–H groups in total. The first-order chi connectivity index (χ1) is 12.9. The molecule has 0 aliphatic rings. The fourth-order valence-corrected chi connectivity index (χ4v) is 2.33. The molecular formula is C20H23N3O4. The maximum absolute atomic E-state index is 12.1. The summed E-state index contributed by atoms with van der Waals surface area (Å²) in [4.78, 5) is 24.1. The molecule has 0 spiro atoms. The molecule has 2 rings (SSSR count). The number of phenolic OH excluding ortho intramolecular Hbond substituents is 1. The first-order valence-electron chi connectivity index (χ1n) is 8.42. The van der Waals surface area contributed by atoms with Gasteiger partial charge < -0.3 is 15.2 Å². The van der Waals surface area contributed by atoms with E-state index in [9.17, 15) is 14.7 Å². The van der Waals surface area contributed by atoms with Crippen molar-refractivity contribution < 1.29 is 19.4 Å². The monoisotopic (exact) mass is 369 g/mol. The third-order valence-electron chi connectivity index (χ3n) is 3.90. The van der Waals surface area contributed by atoms with Crippen molar-refractivity contribution in [2.24, 2.45) is 5.10 Å². The van der Waals surface area contributed by atoms with Gasteiger partial charge in [0.2, 0.25) is 5.91 Å². The molecule has 0 bridgehead atoms. The molecule has 0 aliphatic carbocycles. The number of ether oxygens (including phenoxy) is 1. The van der Waals surface area contributed by atoms with Gasteiger partial charge in [0.15, 0.2) is 0 Å². The van der Waals surface area contributed by atoms with Gasteiger partial charge in [0.25, 0.3) is 5.91 Å². The van der Waals surface area contributed by atoms with Crippen molar-refractivity contribution in [3.63, 3.8) is 0 Å². The molecule has 2 amide bonds. The molecule has 0 saturated carbocycles. The number of aromatic hydroxyl groups is 1. The van der Waals surface area contributed by atoms with Gasteiger partial charge in [-0.25, -0.2) is 5.43 Å². The lowest BCUT2D eigenvalue weighted by molar-refractivity contribution is -0.120. The second-order valence-corrected chi connectivity index (χ2v) is 6.06. The number of hydrogen-bond acceptors (Lipinski definition) is 5. The molecule has 0 saturated heterocycles. The minimum atomic E-state index is -0.533. The predicted octanol–water partition coefficient (Wildman–Crippen LogP) is 2.52. The van der Waals surface area contributed by atoms with E-state index in [1.165, 1.54) is 6.07 Å². The highest BCUT2D eigenvalue weighted by atomic mass is 16.5. The van der Waals surface area contributed by atoms with Crippen LogP contribution in [-0.2, 0) is 11.3 Å². The van der Waals surface area contributed by atoms with Crippen LogP contribution < -0.4 is 15.5 Å². The highest BCUT2D eigenvalue weighted by Gasteiger charge is 2.12. The number of carbonyl (C=O) groups excluding carboxylic acids is 2. The first kappa shape index (κ1) is 20.0. The van der Waals surface area contributed by atoms with Crippen LogP contribution in [0.25, 0.3) is 0 Å². The van der Waals surface area contributed by atoms with E-state index in [0.717, 1.165) is 11.3 Å². The van der Waals surface area contributed by atoms with E-state index in [1.807, 2.05) is 24.3 Å².